The Morgan fingerprint density at radius 1 is 0.970 bits per heavy atom. The number of carbonyl (C=O) groups excluding carboxylic acids is 3. The van der Waals surface area contributed by atoms with Gasteiger partial charge in [-0.05, 0) is 30.5 Å². The Hall–Kier alpha value is -2.45. The van der Waals surface area contributed by atoms with E-state index in [9.17, 15) is 14.4 Å². The van der Waals surface area contributed by atoms with Crippen LogP contribution >= 0.6 is 0 Å². The number of aryl methyl sites for hydroxylation is 1. The van der Waals surface area contributed by atoms with Crippen molar-refractivity contribution in [1.82, 2.24) is 14.7 Å². The normalized spacial score (nSPS) is 22.2. The predicted octanol–water partition coefficient (Wildman–Crippen LogP) is 1.39. The summed E-state index contributed by atoms with van der Waals surface area (Å²) in [6, 6.07) is 8.16. The zero-order chi connectivity index (χ0) is 23.2. The molecule has 1 aromatic carbocycles. The van der Waals surface area contributed by atoms with Crippen LogP contribution in [0.5, 0.6) is 0 Å². The molecule has 180 valence electrons. The molecule has 0 aliphatic carbocycles. The molecule has 3 amide bonds. The number of carbonyl (C=O) groups is 3. The summed E-state index contributed by atoms with van der Waals surface area (Å²) in [5.74, 6) is -0.152. The number of ether oxygens (including phenoxy) is 1. The van der Waals surface area contributed by atoms with E-state index in [1.54, 1.807) is 4.90 Å². The highest BCUT2D eigenvalue weighted by Gasteiger charge is 2.38. The first-order chi connectivity index (χ1) is 16.0. The fourth-order valence-corrected chi connectivity index (χ4v) is 4.83. The lowest BCUT2D eigenvalue weighted by Gasteiger charge is -2.37. The number of hydrogen-bond acceptors (Lipinski definition) is 5. The van der Waals surface area contributed by atoms with Crippen molar-refractivity contribution in [1.29, 1.82) is 0 Å². The Labute approximate surface area is 196 Å². The zero-order valence-corrected chi connectivity index (χ0v) is 19.7. The zero-order valence-electron chi connectivity index (χ0n) is 19.7. The maximum absolute atomic E-state index is 13.1. The van der Waals surface area contributed by atoms with Crippen LogP contribution in [0.3, 0.4) is 0 Å². The lowest BCUT2D eigenvalue weighted by atomic mass is 10.1. The van der Waals surface area contributed by atoms with E-state index >= 15 is 0 Å². The van der Waals surface area contributed by atoms with Gasteiger partial charge < -0.3 is 19.4 Å². The average molecular weight is 457 g/mol. The second kappa shape index (κ2) is 11.1. The Balaban J connectivity index is 1.26. The summed E-state index contributed by atoms with van der Waals surface area (Å²) in [6.45, 7) is 8.13. The standard InChI is InChI=1S/C25H36N4O4/c1-2-3-4-20-5-7-22(8-6-20)29-18-21(17-23(29)30)25(32)28-11-9-27(10-12-28)24(31)19-26-13-15-33-16-14-26/h5-8,21H,2-4,9-19H2,1H3. The summed E-state index contributed by atoms with van der Waals surface area (Å²) in [7, 11) is 0. The third-order valence-electron chi connectivity index (χ3n) is 6.95. The topological polar surface area (TPSA) is 73.4 Å². The van der Waals surface area contributed by atoms with Crippen molar-refractivity contribution >= 4 is 23.4 Å². The highest BCUT2D eigenvalue weighted by atomic mass is 16.5. The number of amides is 3. The third kappa shape index (κ3) is 5.92. The number of nitrogens with zero attached hydrogens (tertiary/aromatic N) is 4. The molecule has 1 aromatic rings. The van der Waals surface area contributed by atoms with Gasteiger partial charge in [0.25, 0.3) is 0 Å². The molecule has 3 saturated heterocycles. The van der Waals surface area contributed by atoms with Crippen molar-refractivity contribution in [2.24, 2.45) is 5.92 Å². The van der Waals surface area contributed by atoms with Gasteiger partial charge in [0.1, 0.15) is 0 Å². The number of unbranched alkanes of at least 4 members (excludes halogenated alkanes) is 1. The van der Waals surface area contributed by atoms with Gasteiger partial charge in [0.15, 0.2) is 0 Å². The van der Waals surface area contributed by atoms with Crippen LogP contribution in [0.25, 0.3) is 0 Å². The quantitative estimate of drug-likeness (QED) is 0.620. The minimum Gasteiger partial charge on any atom is -0.379 e. The van der Waals surface area contributed by atoms with Gasteiger partial charge in [0.2, 0.25) is 17.7 Å². The lowest BCUT2D eigenvalue weighted by Crippen LogP contribution is -2.54. The van der Waals surface area contributed by atoms with Gasteiger partial charge in [-0.3, -0.25) is 19.3 Å². The van der Waals surface area contributed by atoms with Crippen LogP contribution < -0.4 is 4.90 Å². The van der Waals surface area contributed by atoms with Gasteiger partial charge in [0, 0.05) is 57.9 Å². The molecular weight excluding hydrogens is 420 g/mol. The summed E-state index contributed by atoms with van der Waals surface area (Å²) in [5.41, 5.74) is 2.15. The Kier molecular flexibility index (Phi) is 7.98. The van der Waals surface area contributed by atoms with Crippen LogP contribution in [0.2, 0.25) is 0 Å². The van der Waals surface area contributed by atoms with Crippen LogP contribution in [0.1, 0.15) is 31.7 Å². The molecular formula is C25H36N4O4. The van der Waals surface area contributed by atoms with E-state index in [0.717, 1.165) is 38.0 Å². The minimum absolute atomic E-state index is 0.00832. The van der Waals surface area contributed by atoms with Gasteiger partial charge >= 0.3 is 0 Å². The summed E-state index contributed by atoms with van der Waals surface area (Å²) >= 11 is 0. The molecule has 0 aromatic heterocycles. The number of piperazine rings is 1. The Bertz CT molecular complexity index is 829. The van der Waals surface area contributed by atoms with Crippen LogP contribution in [-0.2, 0) is 25.5 Å². The summed E-state index contributed by atoms with van der Waals surface area (Å²) < 4.78 is 5.34. The van der Waals surface area contributed by atoms with Crippen molar-refractivity contribution in [2.75, 3.05) is 70.5 Å². The van der Waals surface area contributed by atoms with Crippen molar-refractivity contribution in [3.63, 3.8) is 0 Å². The molecule has 4 rings (SSSR count). The molecule has 0 spiro atoms. The van der Waals surface area contributed by atoms with E-state index in [-0.39, 0.29) is 30.1 Å². The number of benzene rings is 1. The van der Waals surface area contributed by atoms with Gasteiger partial charge in [0.05, 0.1) is 25.7 Å². The van der Waals surface area contributed by atoms with E-state index in [0.29, 0.717) is 52.5 Å². The first kappa shape index (κ1) is 23.7. The SMILES string of the molecule is CCCCc1ccc(N2CC(C(=O)N3CCN(C(=O)CN4CCOCC4)CC3)CC2=O)cc1. The molecule has 8 heteroatoms. The van der Waals surface area contributed by atoms with Crippen LogP contribution in [0.4, 0.5) is 5.69 Å². The lowest BCUT2D eigenvalue weighted by molar-refractivity contribution is -0.142. The second-order valence-electron chi connectivity index (χ2n) is 9.27. The molecule has 0 N–H and O–H groups in total. The van der Waals surface area contributed by atoms with E-state index in [1.807, 2.05) is 21.9 Å². The molecule has 3 aliphatic rings. The molecule has 33 heavy (non-hydrogen) atoms. The maximum Gasteiger partial charge on any atom is 0.236 e. The average Bonchev–Trinajstić information content (AvgIpc) is 3.25. The molecule has 1 unspecified atom stereocenters. The fourth-order valence-electron chi connectivity index (χ4n) is 4.83. The Morgan fingerprint density at radius 3 is 2.30 bits per heavy atom. The van der Waals surface area contributed by atoms with Crippen LogP contribution in [-0.4, -0.2) is 98.0 Å². The minimum atomic E-state index is -0.312. The third-order valence-corrected chi connectivity index (χ3v) is 6.95. The van der Waals surface area contributed by atoms with Crippen molar-refractivity contribution in [3.05, 3.63) is 29.8 Å². The van der Waals surface area contributed by atoms with Crippen molar-refractivity contribution in [3.8, 4) is 0 Å². The smallest absolute Gasteiger partial charge is 0.236 e. The van der Waals surface area contributed by atoms with Crippen molar-refractivity contribution < 1.29 is 19.1 Å². The molecule has 3 aliphatic heterocycles. The molecule has 8 nitrogen and oxygen atoms in total. The number of rotatable bonds is 7. The second-order valence-corrected chi connectivity index (χ2v) is 9.27. The molecule has 0 saturated carbocycles. The first-order valence-corrected chi connectivity index (χ1v) is 12.3. The number of morpholine rings is 1. The Morgan fingerprint density at radius 2 is 1.64 bits per heavy atom. The summed E-state index contributed by atoms with van der Waals surface area (Å²) in [6.07, 6.45) is 3.62. The van der Waals surface area contributed by atoms with E-state index in [4.69, 9.17) is 4.74 Å². The van der Waals surface area contributed by atoms with Gasteiger partial charge in [-0.15, -0.1) is 0 Å². The molecule has 0 bridgehead atoms. The molecule has 3 heterocycles. The van der Waals surface area contributed by atoms with Crippen molar-refractivity contribution in [2.45, 2.75) is 32.6 Å². The maximum atomic E-state index is 13.1. The largest absolute Gasteiger partial charge is 0.379 e. The van der Waals surface area contributed by atoms with Crippen LogP contribution in [0.15, 0.2) is 24.3 Å². The predicted molar refractivity (Wildman–Crippen MR) is 126 cm³/mol. The van der Waals surface area contributed by atoms with Gasteiger partial charge in [-0.2, -0.15) is 0 Å². The highest BCUT2D eigenvalue weighted by molar-refractivity contribution is 6.00. The highest BCUT2D eigenvalue weighted by Crippen LogP contribution is 2.27. The number of anilines is 1. The van der Waals surface area contributed by atoms with E-state index < -0.39 is 0 Å². The fraction of sp³-hybridized carbons (Fsp3) is 0.640. The summed E-state index contributed by atoms with van der Waals surface area (Å²) in [5, 5.41) is 0. The first-order valence-electron chi connectivity index (χ1n) is 12.3. The van der Waals surface area contributed by atoms with E-state index in [2.05, 4.69) is 24.0 Å². The summed E-state index contributed by atoms with van der Waals surface area (Å²) in [4.78, 5) is 45.9. The molecule has 3 fully saturated rings. The number of hydrogen-bond donors (Lipinski definition) is 0. The van der Waals surface area contributed by atoms with Crippen LogP contribution in [0, 0.1) is 5.92 Å². The van der Waals surface area contributed by atoms with Gasteiger partial charge in [-0.25, -0.2) is 0 Å². The van der Waals surface area contributed by atoms with E-state index in [1.165, 1.54) is 5.56 Å². The molecule has 1 atom stereocenters. The molecule has 0 radical (unpaired) electrons. The monoisotopic (exact) mass is 456 g/mol. The van der Waals surface area contributed by atoms with Gasteiger partial charge in [-0.1, -0.05) is 25.5 Å².